The maximum atomic E-state index is 10.7. The standard InChI is InChI=1S/C6H9N5O2S/c1-3-5(9-11-10-8-3)7-4(2-14)6(12)13/h4,14H,2H2,1H3,(H,12,13)(H,7,9,10)/t4-/m0/s1. The number of rotatable bonds is 4. The van der Waals surface area contributed by atoms with E-state index < -0.39 is 12.0 Å². The van der Waals surface area contributed by atoms with Crippen molar-refractivity contribution in [3.8, 4) is 0 Å². The van der Waals surface area contributed by atoms with Gasteiger partial charge in [-0.25, -0.2) is 4.79 Å². The van der Waals surface area contributed by atoms with Crippen molar-refractivity contribution in [1.82, 2.24) is 20.6 Å². The summed E-state index contributed by atoms with van der Waals surface area (Å²) in [5.74, 6) is -0.543. The third-order valence-corrected chi connectivity index (χ3v) is 1.88. The van der Waals surface area contributed by atoms with Crippen LogP contribution in [0.1, 0.15) is 5.69 Å². The lowest BCUT2D eigenvalue weighted by molar-refractivity contribution is -0.137. The minimum atomic E-state index is -1.00. The highest BCUT2D eigenvalue weighted by Crippen LogP contribution is 2.06. The van der Waals surface area contributed by atoms with Gasteiger partial charge in [0.05, 0.1) is 0 Å². The molecule has 0 spiro atoms. The smallest absolute Gasteiger partial charge is 0.327 e. The van der Waals surface area contributed by atoms with Gasteiger partial charge in [0.15, 0.2) is 5.82 Å². The molecule has 2 N–H and O–H groups in total. The predicted molar refractivity (Wildman–Crippen MR) is 51.3 cm³/mol. The molecule has 1 rings (SSSR count). The first kappa shape index (κ1) is 10.6. The second kappa shape index (κ2) is 4.70. The molecule has 0 fully saturated rings. The molecule has 0 amide bonds. The summed E-state index contributed by atoms with van der Waals surface area (Å²) < 4.78 is 0. The number of nitrogens with one attached hydrogen (secondary N) is 1. The molecule has 0 unspecified atom stereocenters. The van der Waals surface area contributed by atoms with E-state index >= 15 is 0 Å². The van der Waals surface area contributed by atoms with Gasteiger partial charge in [-0.1, -0.05) is 0 Å². The summed E-state index contributed by atoms with van der Waals surface area (Å²) in [6, 6.07) is -0.810. The fourth-order valence-corrected chi connectivity index (χ4v) is 1.00. The Morgan fingerprint density at radius 3 is 2.71 bits per heavy atom. The lowest BCUT2D eigenvalue weighted by atomic mass is 10.3. The first-order chi connectivity index (χ1) is 6.65. The summed E-state index contributed by atoms with van der Waals surface area (Å²) >= 11 is 3.89. The van der Waals surface area contributed by atoms with E-state index in [1.807, 2.05) is 0 Å². The third kappa shape index (κ3) is 2.52. The van der Waals surface area contributed by atoms with Gasteiger partial charge in [0.2, 0.25) is 0 Å². The molecule has 0 bridgehead atoms. The Morgan fingerprint density at radius 2 is 2.21 bits per heavy atom. The number of hydrogen-bond acceptors (Lipinski definition) is 7. The van der Waals surface area contributed by atoms with Gasteiger partial charge in [0, 0.05) is 5.75 Å². The zero-order valence-corrected chi connectivity index (χ0v) is 8.27. The number of carboxylic acid groups (broad SMARTS) is 1. The number of carbonyl (C=O) groups is 1. The average Bonchev–Trinajstić information content (AvgIpc) is 2.16. The van der Waals surface area contributed by atoms with Gasteiger partial charge in [-0.2, -0.15) is 12.6 Å². The number of nitrogens with zero attached hydrogens (tertiary/aromatic N) is 4. The first-order valence-corrected chi connectivity index (χ1v) is 4.41. The van der Waals surface area contributed by atoms with Crippen LogP contribution in [0.5, 0.6) is 0 Å². The van der Waals surface area contributed by atoms with Gasteiger partial charge in [-0.15, -0.1) is 10.2 Å². The highest BCUT2D eigenvalue weighted by Gasteiger charge is 2.17. The highest BCUT2D eigenvalue weighted by molar-refractivity contribution is 7.80. The minimum absolute atomic E-state index is 0.152. The van der Waals surface area contributed by atoms with Crippen molar-refractivity contribution in [3.05, 3.63) is 5.69 Å². The number of aryl methyl sites for hydroxylation is 1. The molecule has 7 nitrogen and oxygen atoms in total. The van der Waals surface area contributed by atoms with E-state index in [4.69, 9.17) is 5.11 Å². The van der Waals surface area contributed by atoms with Crippen LogP contribution in [0.2, 0.25) is 0 Å². The number of carboxylic acids is 1. The topological polar surface area (TPSA) is 101 Å². The van der Waals surface area contributed by atoms with Crippen LogP contribution < -0.4 is 5.32 Å². The molecular formula is C6H9N5O2S. The van der Waals surface area contributed by atoms with Gasteiger partial charge in [-0.3, -0.25) is 0 Å². The summed E-state index contributed by atoms with van der Waals surface area (Å²) in [5, 5.41) is 25.2. The Labute approximate surface area is 85.3 Å². The van der Waals surface area contributed by atoms with Gasteiger partial charge >= 0.3 is 5.97 Å². The monoisotopic (exact) mass is 215 g/mol. The molecule has 14 heavy (non-hydrogen) atoms. The molecule has 0 aliphatic rings. The van der Waals surface area contributed by atoms with Crippen molar-refractivity contribution >= 4 is 24.4 Å². The lowest BCUT2D eigenvalue weighted by Crippen LogP contribution is -2.32. The Kier molecular flexibility index (Phi) is 3.57. The first-order valence-electron chi connectivity index (χ1n) is 3.78. The van der Waals surface area contributed by atoms with Crippen molar-refractivity contribution < 1.29 is 9.90 Å². The number of thiol groups is 1. The summed E-state index contributed by atoms with van der Waals surface area (Å²) in [7, 11) is 0. The average molecular weight is 215 g/mol. The number of aliphatic carboxylic acids is 1. The molecule has 0 aliphatic heterocycles. The number of hydrogen-bond donors (Lipinski definition) is 3. The zero-order valence-electron chi connectivity index (χ0n) is 7.38. The molecule has 1 aromatic rings. The molecular weight excluding hydrogens is 206 g/mol. The van der Waals surface area contributed by atoms with Crippen LogP contribution in [0.3, 0.4) is 0 Å². The predicted octanol–water partition coefficient (Wildman–Crippen LogP) is -0.630. The second-order valence-electron chi connectivity index (χ2n) is 2.53. The van der Waals surface area contributed by atoms with Gasteiger partial charge in [0.1, 0.15) is 11.7 Å². The van der Waals surface area contributed by atoms with E-state index in [2.05, 4.69) is 38.6 Å². The number of anilines is 1. The quantitative estimate of drug-likeness (QED) is 0.575. The van der Waals surface area contributed by atoms with E-state index in [0.29, 0.717) is 11.5 Å². The molecule has 0 saturated carbocycles. The van der Waals surface area contributed by atoms with Crippen molar-refractivity contribution in [3.63, 3.8) is 0 Å². The van der Waals surface area contributed by atoms with Crippen LogP contribution in [-0.2, 0) is 4.79 Å². The van der Waals surface area contributed by atoms with Crippen molar-refractivity contribution in [2.24, 2.45) is 0 Å². The molecule has 0 aromatic carbocycles. The molecule has 0 saturated heterocycles. The molecule has 76 valence electrons. The summed E-state index contributed by atoms with van der Waals surface area (Å²) in [6.45, 7) is 1.65. The van der Waals surface area contributed by atoms with Crippen LogP contribution in [0.25, 0.3) is 0 Å². The second-order valence-corrected chi connectivity index (χ2v) is 2.90. The highest BCUT2D eigenvalue weighted by atomic mass is 32.1. The summed E-state index contributed by atoms with van der Waals surface area (Å²) in [6.07, 6.45) is 0. The molecule has 8 heteroatoms. The summed E-state index contributed by atoms with van der Waals surface area (Å²) in [4.78, 5) is 10.7. The fourth-order valence-electron chi connectivity index (χ4n) is 0.755. The Morgan fingerprint density at radius 1 is 1.57 bits per heavy atom. The van der Waals surface area contributed by atoms with Crippen LogP contribution in [-0.4, -0.2) is 43.5 Å². The Bertz CT molecular complexity index is 334. The van der Waals surface area contributed by atoms with Crippen molar-refractivity contribution in [1.29, 1.82) is 0 Å². The fraction of sp³-hybridized carbons (Fsp3) is 0.500. The Hall–Kier alpha value is -1.44. The maximum absolute atomic E-state index is 10.7. The lowest BCUT2D eigenvalue weighted by Gasteiger charge is -2.11. The molecule has 0 aliphatic carbocycles. The third-order valence-electron chi connectivity index (χ3n) is 1.51. The number of aromatic nitrogens is 4. The SMILES string of the molecule is Cc1nnnnc1N[C@@H](CS)C(=O)O. The van der Waals surface area contributed by atoms with Crippen LogP contribution >= 0.6 is 12.6 Å². The molecule has 1 atom stereocenters. The van der Waals surface area contributed by atoms with Gasteiger partial charge in [-0.05, 0) is 17.4 Å². The van der Waals surface area contributed by atoms with Crippen molar-refractivity contribution in [2.75, 3.05) is 11.1 Å². The van der Waals surface area contributed by atoms with E-state index in [9.17, 15) is 4.79 Å². The van der Waals surface area contributed by atoms with Crippen LogP contribution in [0, 0.1) is 6.92 Å². The van der Waals surface area contributed by atoms with Gasteiger partial charge in [0.25, 0.3) is 0 Å². The minimum Gasteiger partial charge on any atom is -0.480 e. The van der Waals surface area contributed by atoms with E-state index in [1.54, 1.807) is 6.92 Å². The molecule has 1 aromatic heterocycles. The molecule has 0 radical (unpaired) electrons. The van der Waals surface area contributed by atoms with Crippen LogP contribution in [0.4, 0.5) is 5.82 Å². The summed E-state index contributed by atoms with van der Waals surface area (Å²) in [5.41, 5.74) is 0.494. The maximum Gasteiger partial charge on any atom is 0.327 e. The van der Waals surface area contributed by atoms with E-state index in [-0.39, 0.29) is 5.75 Å². The zero-order chi connectivity index (χ0) is 10.6. The van der Waals surface area contributed by atoms with Gasteiger partial charge < -0.3 is 10.4 Å². The van der Waals surface area contributed by atoms with E-state index in [0.717, 1.165) is 0 Å². The Balaban J connectivity index is 2.77. The normalized spacial score (nSPS) is 12.1. The van der Waals surface area contributed by atoms with E-state index in [1.165, 1.54) is 0 Å². The largest absolute Gasteiger partial charge is 0.480 e. The molecule has 1 heterocycles. The van der Waals surface area contributed by atoms with Crippen LogP contribution in [0.15, 0.2) is 0 Å². The van der Waals surface area contributed by atoms with Crippen molar-refractivity contribution in [2.45, 2.75) is 13.0 Å².